The largest absolute Gasteiger partial charge is 0.489 e. The Hall–Kier alpha value is -3.74. The zero-order valence-corrected chi connectivity index (χ0v) is 15.9. The van der Waals surface area contributed by atoms with Crippen molar-refractivity contribution >= 4 is 17.0 Å². The van der Waals surface area contributed by atoms with Gasteiger partial charge < -0.3 is 9.47 Å². The number of carbonyl (C=O) groups is 1. The fraction of sp³-hybridized carbons (Fsp3) is 0.130. The lowest BCUT2D eigenvalue weighted by molar-refractivity contribution is 0.0385. The van der Waals surface area contributed by atoms with Gasteiger partial charge in [-0.1, -0.05) is 48.5 Å². The van der Waals surface area contributed by atoms with Gasteiger partial charge in [-0.15, -0.1) is 0 Å². The Morgan fingerprint density at radius 3 is 2.40 bits per heavy atom. The Morgan fingerprint density at radius 1 is 0.900 bits per heavy atom. The number of benzene rings is 3. The Labute approximate surface area is 171 Å². The maximum Gasteiger partial charge on any atom is 0.338 e. The van der Waals surface area contributed by atoms with Crippen molar-refractivity contribution in [2.75, 3.05) is 0 Å². The SMILES string of the molecule is O=C(OCc1nc2ccccc2n1C(F)F)c1ccccc1COc1ccccc1. The van der Waals surface area contributed by atoms with Gasteiger partial charge in [0.15, 0.2) is 5.82 Å². The summed E-state index contributed by atoms with van der Waals surface area (Å²) in [5.74, 6) is 0.0269. The summed E-state index contributed by atoms with van der Waals surface area (Å²) in [5.41, 5.74) is 1.65. The van der Waals surface area contributed by atoms with Gasteiger partial charge in [-0.3, -0.25) is 4.57 Å². The maximum absolute atomic E-state index is 13.5. The monoisotopic (exact) mass is 408 g/mol. The molecule has 0 bridgehead atoms. The molecule has 0 aliphatic rings. The van der Waals surface area contributed by atoms with E-state index >= 15 is 0 Å². The number of esters is 1. The lowest BCUT2D eigenvalue weighted by Gasteiger charge is -2.12. The minimum absolute atomic E-state index is 0.0161. The van der Waals surface area contributed by atoms with Gasteiger partial charge in [0, 0.05) is 5.56 Å². The summed E-state index contributed by atoms with van der Waals surface area (Å²) < 4.78 is 38.9. The van der Waals surface area contributed by atoms with E-state index in [-0.39, 0.29) is 24.6 Å². The first-order valence-electron chi connectivity index (χ1n) is 9.30. The van der Waals surface area contributed by atoms with Gasteiger partial charge in [-0.25, -0.2) is 9.78 Å². The molecule has 30 heavy (non-hydrogen) atoms. The number of ether oxygens (including phenoxy) is 2. The summed E-state index contributed by atoms with van der Waals surface area (Å²) in [6.07, 6.45) is 0. The van der Waals surface area contributed by atoms with Crippen molar-refractivity contribution in [2.24, 2.45) is 0 Å². The van der Waals surface area contributed by atoms with Crippen LogP contribution in [0.25, 0.3) is 11.0 Å². The van der Waals surface area contributed by atoms with Crippen LogP contribution in [-0.4, -0.2) is 15.5 Å². The Morgan fingerprint density at radius 2 is 1.60 bits per heavy atom. The fourth-order valence-electron chi connectivity index (χ4n) is 3.14. The Bertz CT molecular complexity index is 1160. The molecule has 0 aliphatic carbocycles. The number of nitrogens with zero attached hydrogens (tertiary/aromatic N) is 2. The lowest BCUT2D eigenvalue weighted by Crippen LogP contribution is -2.13. The van der Waals surface area contributed by atoms with E-state index in [0.717, 1.165) is 4.57 Å². The van der Waals surface area contributed by atoms with E-state index in [4.69, 9.17) is 9.47 Å². The van der Waals surface area contributed by atoms with Crippen LogP contribution in [0.15, 0.2) is 78.9 Å². The number of carbonyl (C=O) groups excluding carboxylic acids is 1. The third-order valence-corrected chi connectivity index (χ3v) is 4.57. The molecule has 0 saturated carbocycles. The van der Waals surface area contributed by atoms with Crippen LogP contribution in [0.2, 0.25) is 0 Å². The predicted molar refractivity (Wildman–Crippen MR) is 107 cm³/mol. The van der Waals surface area contributed by atoms with Crippen LogP contribution in [0.4, 0.5) is 8.78 Å². The van der Waals surface area contributed by atoms with Crippen molar-refractivity contribution in [1.82, 2.24) is 9.55 Å². The van der Waals surface area contributed by atoms with Crippen molar-refractivity contribution in [3.05, 3.63) is 95.8 Å². The highest BCUT2D eigenvalue weighted by Crippen LogP contribution is 2.24. The number of hydrogen-bond donors (Lipinski definition) is 0. The molecular formula is C23H18F2N2O3. The van der Waals surface area contributed by atoms with E-state index in [0.29, 0.717) is 22.4 Å². The molecule has 0 fully saturated rings. The van der Waals surface area contributed by atoms with Crippen molar-refractivity contribution in [1.29, 1.82) is 0 Å². The van der Waals surface area contributed by atoms with Gasteiger partial charge in [0.2, 0.25) is 0 Å². The molecule has 1 aromatic heterocycles. The molecule has 0 radical (unpaired) electrons. The lowest BCUT2D eigenvalue weighted by atomic mass is 10.1. The molecule has 0 atom stereocenters. The summed E-state index contributed by atoms with van der Waals surface area (Å²) in [6.45, 7) is -2.99. The normalized spacial score (nSPS) is 11.0. The van der Waals surface area contributed by atoms with Gasteiger partial charge in [0.1, 0.15) is 19.0 Å². The first-order valence-corrected chi connectivity index (χ1v) is 9.30. The summed E-state index contributed by atoms with van der Waals surface area (Å²) in [6, 6.07) is 22.6. The molecule has 3 aromatic carbocycles. The molecule has 5 nitrogen and oxygen atoms in total. The van der Waals surface area contributed by atoms with Crippen molar-refractivity contribution in [3.8, 4) is 5.75 Å². The summed E-state index contributed by atoms with van der Waals surface area (Å²) in [4.78, 5) is 16.8. The average Bonchev–Trinajstić information content (AvgIpc) is 3.15. The van der Waals surface area contributed by atoms with Crippen LogP contribution >= 0.6 is 0 Å². The number of hydrogen-bond acceptors (Lipinski definition) is 4. The number of rotatable bonds is 7. The molecule has 7 heteroatoms. The second-order valence-electron chi connectivity index (χ2n) is 6.50. The van der Waals surface area contributed by atoms with Gasteiger partial charge in [-0.05, 0) is 30.3 Å². The smallest absolute Gasteiger partial charge is 0.338 e. The first kappa shape index (κ1) is 19.6. The molecule has 1 heterocycles. The van der Waals surface area contributed by atoms with Gasteiger partial charge >= 0.3 is 12.5 Å². The number of para-hydroxylation sites is 3. The number of imidazole rings is 1. The van der Waals surface area contributed by atoms with E-state index < -0.39 is 12.5 Å². The number of halogens is 2. The van der Waals surface area contributed by atoms with Crippen LogP contribution in [0.3, 0.4) is 0 Å². The topological polar surface area (TPSA) is 53.3 Å². The fourth-order valence-corrected chi connectivity index (χ4v) is 3.14. The van der Waals surface area contributed by atoms with Gasteiger partial charge in [-0.2, -0.15) is 8.78 Å². The Balaban J connectivity index is 1.50. The van der Waals surface area contributed by atoms with Crippen LogP contribution < -0.4 is 4.74 Å². The van der Waals surface area contributed by atoms with Crippen LogP contribution in [0.5, 0.6) is 5.75 Å². The minimum Gasteiger partial charge on any atom is -0.489 e. The van der Waals surface area contributed by atoms with Crippen LogP contribution in [0, 0.1) is 0 Å². The molecule has 0 amide bonds. The second kappa shape index (κ2) is 8.73. The third-order valence-electron chi connectivity index (χ3n) is 4.57. The molecule has 4 rings (SSSR count). The molecule has 4 aromatic rings. The molecule has 0 aliphatic heterocycles. The van der Waals surface area contributed by atoms with E-state index in [1.165, 1.54) is 0 Å². The van der Waals surface area contributed by atoms with Crippen molar-refractivity contribution in [3.63, 3.8) is 0 Å². The molecule has 0 N–H and O–H groups in total. The highest BCUT2D eigenvalue weighted by atomic mass is 19.3. The summed E-state index contributed by atoms with van der Waals surface area (Å²) in [5, 5.41) is 0. The van der Waals surface area contributed by atoms with Crippen LogP contribution in [0.1, 0.15) is 28.3 Å². The van der Waals surface area contributed by atoms with Crippen LogP contribution in [-0.2, 0) is 18.0 Å². The number of fused-ring (bicyclic) bond motifs is 1. The quantitative estimate of drug-likeness (QED) is 0.386. The zero-order valence-electron chi connectivity index (χ0n) is 15.9. The second-order valence-corrected chi connectivity index (χ2v) is 6.50. The summed E-state index contributed by atoms with van der Waals surface area (Å²) in [7, 11) is 0. The van der Waals surface area contributed by atoms with E-state index in [1.807, 2.05) is 30.3 Å². The molecule has 0 saturated heterocycles. The molecule has 152 valence electrons. The van der Waals surface area contributed by atoms with E-state index in [2.05, 4.69) is 4.98 Å². The third kappa shape index (κ3) is 4.15. The number of aromatic nitrogens is 2. The van der Waals surface area contributed by atoms with Gasteiger partial charge in [0.25, 0.3) is 0 Å². The first-order chi connectivity index (χ1) is 14.6. The highest BCUT2D eigenvalue weighted by Gasteiger charge is 2.20. The summed E-state index contributed by atoms with van der Waals surface area (Å²) >= 11 is 0. The number of alkyl halides is 2. The predicted octanol–water partition coefficient (Wildman–Crippen LogP) is 5.37. The Kier molecular flexibility index (Phi) is 5.70. The van der Waals surface area contributed by atoms with Crippen molar-refractivity contribution < 1.29 is 23.0 Å². The molecule has 0 unspecified atom stereocenters. The standard InChI is InChI=1S/C23H18F2N2O3/c24-23(25)27-20-13-7-6-12-19(20)26-21(27)15-30-22(28)18-11-5-4-8-16(18)14-29-17-9-2-1-3-10-17/h1-13,23H,14-15H2. The molecular weight excluding hydrogens is 390 g/mol. The maximum atomic E-state index is 13.5. The van der Waals surface area contributed by atoms with Gasteiger partial charge in [0.05, 0.1) is 16.6 Å². The van der Waals surface area contributed by atoms with E-state index in [9.17, 15) is 13.6 Å². The van der Waals surface area contributed by atoms with Crippen molar-refractivity contribution in [2.45, 2.75) is 19.8 Å². The molecule has 0 spiro atoms. The van der Waals surface area contributed by atoms with E-state index in [1.54, 1.807) is 48.5 Å². The average molecular weight is 408 g/mol. The zero-order chi connectivity index (χ0) is 20.9. The minimum atomic E-state index is -2.79. The highest BCUT2D eigenvalue weighted by molar-refractivity contribution is 5.91.